The minimum atomic E-state index is -1.95. The number of benzene rings is 2. The number of phenols is 2. The summed E-state index contributed by atoms with van der Waals surface area (Å²) >= 11 is 0. The van der Waals surface area contributed by atoms with Gasteiger partial charge in [0.15, 0.2) is 36.7 Å². The zero-order valence-electron chi connectivity index (χ0n) is 47.3. The second kappa shape index (κ2) is 25.8. The van der Waals surface area contributed by atoms with Crippen LogP contribution in [0.1, 0.15) is 122 Å². The predicted molar refractivity (Wildman–Crippen MR) is 277 cm³/mol. The lowest BCUT2D eigenvalue weighted by atomic mass is 9.75. The number of hydrogen-bond donors (Lipinski definition) is 10. The Hall–Kier alpha value is -3.81. The molecule has 5 saturated heterocycles. The third-order valence-corrected chi connectivity index (χ3v) is 16.6. The van der Waals surface area contributed by atoms with Gasteiger partial charge in [-0.2, -0.15) is 0 Å². The molecule has 5 heterocycles. The number of esters is 1. The van der Waals surface area contributed by atoms with Gasteiger partial charge in [-0.05, 0) is 91.3 Å². The Morgan fingerprint density at radius 2 is 1.27 bits per heavy atom. The van der Waals surface area contributed by atoms with Crippen molar-refractivity contribution in [1.29, 1.82) is 0 Å². The molecule has 0 saturated carbocycles. The van der Waals surface area contributed by atoms with Gasteiger partial charge in [0.1, 0.15) is 72.2 Å². The van der Waals surface area contributed by atoms with Crippen LogP contribution in [-0.4, -0.2) is 223 Å². The summed E-state index contributed by atoms with van der Waals surface area (Å²) in [5.41, 5.74) is -1.47. The van der Waals surface area contributed by atoms with Crippen LogP contribution in [0.25, 0.3) is 10.8 Å². The predicted octanol–water partition coefficient (Wildman–Crippen LogP) is 1.10. The van der Waals surface area contributed by atoms with Gasteiger partial charge >= 0.3 is 5.97 Å². The number of hydrogen-bond acceptors (Lipinski definition) is 25. The number of aliphatic hydroxyl groups excluding tert-OH is 7. The molecule has 0 amide bonds. The maximum Gasteiger partial charge on any atom is 0.306 e. The zero-order chi connectivity index (χ0) is 59.3. The first kappa shape index (κ1) is 63.2. The van der Waals surface area contributed by atoms with E-state index in [-0.39, 0.29) is 78.2 Å². The molecule has 0 bridgehead atoms. The van der Waals surface area contributed by atoms with Crippen molar-refractivity contribution in [3.63, 3.8) is 0 Å². The molecule has 2 aromatic carbocycles. The van der Waals surface area contributed by atoms with E-state index in [1.54, 1.807) is 27.7 Å². The van der Waals surface area contributed by atoms with Crippen molar-refractivity contribution < 1.29 is 122 Å². The zero-order valence-corrected chi connectivity index (χ0v) is 47.3. The number of rotatable bonds is 18. The molecule has 2 aromatic rings. The Kier molecular flexibility index (Phi) is 20.1. The fraction of sp³-hybridized carbons (Fsp3) is 0.768. The minimum Gasteiger partial charge on any atom is -0.507 e. The number of fused-ring (bicyclic) bond motifs is 2. The Morgan fingerprint density at radius 1 is 0.728 bits per heavy atom. The van der Waals surface area contributed by atoms with Crippen LogP contribution in [0.3, 0.4) is 0 Å². The van der Waals surface area contributed by atoms with Crippen LogP contribution in [-0.2, 0) is 68.1 Å². The monoisotopic (exact) mass is 1150 g/mol. The first-order valence-corrected chi connectivity index (χ1v) is 28.0. The van der Waals surface area contributed by atoms with Crippen molar-refractivity contribution >= 4 is 28.3 Å². The van der Waals surface area contributed by atoms with E-state index < -0.39 is 182 Å². The van der Waals surface area contributed by atoms with Gasteiger partial charge in [0.05, 0.1) is 71.5 Å². The fourth-order valence-electron chi connectivity index (χ4n) is 11.9. The number of phenolic OH excluding ortho intramolecular Hbond substituents is 2. The maximum atomic E-state index is 15.1. The van der Waals surface area contributed by atoms with Crippen molar-refractivity contribution in [3.8, 4) is 17.2 Å². The molecular weight excluding hydrogens is 1070 g/mol. The molecule has 456 valence electrons. The molecule has 5 fully saturated rings. The van der Waals surface area contributed by atoms with E-state index in [0.717, 1.165) is 0 Å². The summed E-state index contributed by atoms with van der Waals surface area (Å²) in [4.78, 5) is 41.3. The number of ether oxygens (including phenoxy) is 12. The topological polar surface area (TPSA) is 364 Å². The number of aromatic hydroxyl groups is 2. The molecule has 0 aromatic heterocycles. The van der Waals surface area contributed by atoms with Crippen molar-refractivity contribution in [2.45, 2.75) is 261 Å². The average molecular weight is 1160 g/mol. The second-order valence-electron chi connectivity index (χ2n) is 22.9. The normalized spacial score (nSPS) is 40.5. The fourth-order valence-corrected chi connectivity index (χ4v) is 11.9. The van der Waals surface area contributed by atoms with E-state index in [4.69, 9.17) is 56.8 Å². The third-order valence-electron chi connectivity index (χ3n) is 16.6. The molecule has 25 heteroatoms. The highest BCUT2D eigenvalue weighted by atomic mass is 16.7. The minimum absolute atomic E-state index is 0.0139. The molecule has 0 unspecified atom stereocenters. The van der Waals surface area contributed by atoms with Crippen LogP contribution in [0.15, 0.2) is 12.1 Å². The van der Waals surface area contributed by atoms with Crippen LogP contribution >= 0.6 is 0 Å². The van der Waals surface area contributed by atoms with Gasteiger partial charge in [-0.3, -0.25) is 14.4 Å². The summed E-state index contributed by atoms with van der Waals surface area (Å²) in [6, 6.07) is 3.03. The van der Waals surface area contributed by atoms with Gasteiger partial charge in [0.2, 0.25) is 6.29 Å². The molecule has 0 radical (unpaired) electrons. The van der Waals surface area contributed by atoms with Gasteiger partial charge in [0, 0.05) is 57.1 Å². The summed E-state index contributed by atoms with van der Waals surface area (Å²) < 4.78 is 72.5. The van der Waals surface area contributed by atoms with Crippen molar-refractivity contribution in [2.75, 3.05) is 7.11 Å². The van der Waals surface area contributed by atoms with E-state index >= 15 is 4.79 Å². The number of carbonyl (C=O) groups is 3. The first-order valence-electron chi connectivity index (χ1n) is 28.0. The molecule has 1 aliphatic carbocycles. The van der Waals surface area contributed by atoms with Gasteiger partial charge in [-0.1, -0.05) is 6.92 Å². The number of methoxy groups -OCH3 is 1. The standard InChI is InChI=1S/C56H82O25/c1-11-12-36(59)76-33-17-39(72-23(4)46(33)62)79-34-18-38(71-24(5)47(34)63)77-32-15-29-13-28-14-30(53(70-10)51(67)45(61)22(3)57)54(50(66)43(28)49(65)42(29)44(60)21(32)2)80-40-19-35(48(64)25(6)73-40)78-37-16-31(58)52(26(7)74-37)81-41-20-56(9,69)55(68)27(8)75-41/h13,15,22-27,30-31,33-35,37-41,45-48,52-55,57-58,60-65,68-69H,11-12,14,16-20H2,1-10H3/t22-,23-,24-,25-,26-,27-,30+,31-,33-,34+,35-,37-,38+,39+,40+,41+,45+,46-,47-,48-,52+,53+,54+,55-,56+/m1/s1. The molecule has 81 heavy (non-hydrogen) atoms. The average Bonchev–Trinajstić information content (AvgIpc) is 2.78. The quantitative estimate of drug-likeness (QED) is 0.0934. The SMILES string of the molecule is CCCC(=O)O[C@@H]1C[C@H](O[C@H]2C[C@H](Oc3cc4cc5c(c(O)c4c(O)c3C)C(=O)[C@@H](O[C@H]3C[C@@H](O[C@@H]4C[C@@H](O)[C@@H](O[C@H]6C[C@](C)(O)[C@H](O)[C@@H](C)O6)[C@@H](C)O4)[C@H](O)[C@@H](C)O3)[C@H]([C@H](OC)C(=O)[C@@H](O)[C@@H](C)O)C5)O[C@H](C)[C@H]2O)O[C@H](C)[C@H]1O. The highest BCUT2D eigenvalue weighted by molar-refractivity contribution is 6.11. The number of Topliss-reactive ketones (excluding diaryl/α,β-unsaturated/α-hetero) is 2. The second-order valence-corrected chi connectivity index (χ2v) is 22.9. The lowest BCUT2D eigenvalue weighted by molar-refractivity contribution is -0.337. The third kappa shape index (κ3) is 13.5. The van der Waals surface area contributed by atoms with Gasteiger partial charge in [-0.15, -0.1) is 0 Å². The van der Waals surface area contributed by atoms with Crippen LogP contribution in [0.5, 0.6) is 17.2 Å². The molecule has 25 nitrogen and oxygen atoms in total. The van der Waals surface area contributed by atoms with E-state index in [1.165, 1.54) is 46.9 Å². The van der Waals surface area contributed by atoms with Crippen LogP contribution in [0.4, 0.5) is 0 Å². The van der Waals surface area contributed by atoms with Gasteiger partial charge < -0.3 is 108 Å². The lowest BCUT2D eigenvalue weighted by Crippen LogP contribution is -2.58. The molecule has 10 N–H and O–H groups in total. The van der Waals surface area contributed by atoms with Gasteiger partial charge in [0.25, 0.3) is 0 Å². The lowest BCUT2D eigenvalue weighted by Gasteiger charge is -2.46. The van der Waals surface area contributed by atoms with Crippen LogP contribution in [0, 0.1) is 12.8 Å². The van der Waals surface area contributed by atoms with E-state index in [9.17, 15) is 60.7 Å². The first-order chi connectivity index (χ1) is 38.1. The van der Waals surface area contributed by atoms with Crippen molar-refractivity contribution in [3.05, 3.63) is 28.8 Å². The smallest absolute Gasteiger partial charge is 0.306 e. The molecule has 0 spiro atoms. The largest absolute Gasteiger partial charge is 0.507 e. The number of aliphatic hydroxyl groups is 8. The molecule has 8 rings (SSSR count). The summed E-state index contributed by atoms with van der Waals surface area (Å²) in [5, 5.41) is 111. The molecule has 6 aliphatic rings. The van der Waals surface area contributed by atoms with Gasteiger partial charge in [-0.25, -0.2) is 0 Å². The van der Waals surface area contributed by atoms with Crippen molar-refractivity contribution in [2.24, 2.45) is 5.92 Å². The summed E-state index contributed by atoms with van der Waals surface area (Å²) in [7, 11) is 1.18. The number of carbonyl (C=O) groups excluding carboxylic acids is 3. The molecule has 5 aliphatic heterocycles. The van der Waals surface area contributed by atoms with Crippen LogP contribution in [0.2, 0.25) is 0 Å². The Bertz CT molecular complexity index is 2510. The molecular formula is C56H82O25. The molecule has 25 atom stereocenters. The summed E-state index contributed by atoms with van der Waals surface area (Å²) in [5.74, 6) is -4.59. The number of ketones is 2. The van der Waals surface area contributed by atoms with E-state index in [1.807, 2.05) is 6.92 Å². The maximum absolute atomic E-state index is 15.1. The highest BCUT2D eigenvalue weighted by Gasteiger charge is 2.52. The van der Waals surface area contributed by atoms with E-state index in [2.05, 4.69) is 0 Å². The Morgan fingerprint density at radius 3 is 1.85 bits per heavy atom. The Labute approximate surface area is 469 Å². The van der Waals surface area contributed by atoms with Crippen LogP contribution < -0.4 is 4.74 Å². The van der Waals surface area contributed by atoms with Crippen molar-refractivity contribution in [1.82, 2.24) is 0 Å². The van der Waals surface area contributed by atoms with E-state index in [0.29, 0.717) is 6.42 Å². The summed E-state index contributed by atoms with van der Waals surface area (Å²) in [6.07, 6.45) is -26.3. The Balaban J connectivity index is 1.01. The summed E-state index contributed by atoms with van der Waals surface area (Å²) in [6.45, 7) is 14.0. The highest BCUT2D eigenvalue weighted by Crippen LogP contribution is 2.48.